The number of hydrogen-bond acceptors (Lipinski definition) is 7. The van der Waals surface area contributed by atoms with E-state index in [1.807, 2.05) is 37.3 Å². The van der Waals surface area contributed by atoms with Gasteiger partial charge in [0.05, 0.1) is 17.5 Å². The van der Waals surface area contributed by atoms with Crippen molar-refractivity contribution in [3.05, 3.63) is 41.0 Å². The van der Waals surface area contributed by atoms with E-state index in [0.29, 0.717) is 22.7 Å². The standard InChI is InChI=1S/C20H26N4O4S2/c1-2-3-9-14(20(27)28)23-19(26)16-17(12-7-5-4-6-8-12)30-15(24-16)10-22-18(25)13(21)11-29/h4-8,13-14,29H,2-3,9-11,21H2,1H3,(H,22,25)(H,23,26)(H,27,28)/t13-,14-/m0/s1. The average molecular weight is 451 g/mol. The number of thiazole rings is 1. The number of hydrogen-bond donors (Lipinski definition) is 5. The molecule has 0 fully saturated rings. The van der Waals surface area contributed by atoms with Crippen LogP contribution in [0.5, 0.6) is 0 Å². The van der Waals surface area contributed by atoms with Gasteiger partial charge in [-0.1, -0.05) is 50.1 Å². The third kappa shape index (κ3) is 6.54. The Morgan fingerprint density at radius 2 is 1.97 bits per heavy atom. The summed E-state index contributed by atoms with van der Waals surface area (Å²) in [6.45, 7) is 2.06. The van der Waals surface area contributed by atoms with Crippen molar-refractivity contribution in [2.24, 2.45) is 5.73 Å². The van der Waals surface area contributed by atoms with Crippen LogP contribution >= 0.6 is 24.0 Å². The van der Waals surface area contributed by atoms with Crippen molar-refractivity contribution in [1.29, 1.82) is 0 Å². The predicted octanol–water partition coefficient (Wildman–Crippen LogP) is 2.06. The molecule has 0 saturated heterocycles. The molecule has 0 aliphatic heterocycles. The Morgan fingerprint density at radius 1 is 1.27 bits per heavy atom. The molecule has 0 unspecified atom stereocenters. The van der Waals surface area contributed by atoms with Crippen molar-refractivity contribution in [2.75, 3.05) is 5.75 Å². The van der Waals surface area contributed by atoms with E-state index in [2.05, 4.69) is 28.2 Å². The zero-order valence-electron chi connectivity index (χ0n) is 16.6. The number of nitrogens with one attached hydrogen (secondary N) is 2. The summed E-state index contributed by atoms with van der Waals surface area (Å²) < 4.78 is 0. The molecule has 10 heteroatoms. The van der Waals surface area contributed by atoms with Gasteiger partial charge in [-0.3, -0.25) is 9.59 Å². The highest BCUT2D eigenvalue weighted by molar-refractivity contribution is 7.80. The van der Waals surface area contributed by atoms with Crippen molar-refractivity contribution in [3.8, 4) is 10.4 Å². The lowest BCUT2D eigenvalue weighted by Gasteiger charge is -2.13. The van der Waals surface area contributed by atoms with Gasteiger partial charge >= 0.3 is 5.97 Å². The second kappa shape index (κ2) is 11.7. The Hall–Kier alpha value is -2.43. The van der Waals surface area contributed by atoms with Crippen molar-refractivity contribution in [2.45, 2.75) is 44.8 Å². The molecule has 0 radical (unpaired) electrons. The van der Waals surface area contributed by atoms with E-state index >= 15 is 0 Å². The molecule has 0 aliphatic carbocycles. The molecule has 0 bridgehead atoms. The van der Waals surface area contributed by atoms with Crippen molar-refractivity contribution < 1.29 is 19.5 Å². The number of rotatable bonds is 11. The molecule has 2 aromatic rings. The number of carboxylic acid groups (broad SMARTS) is 1. The summed E-state index contributed by atoms with van der Waals surface area (Å²) in [5, 5.41) is 15.2. The molecule has 8 nitrogen and oxygen atoms in total. The number of nitrogens with two attached hydrogens (primary N) is 1. The molecule has 0 saturated carbocycles. The minimum atomic E-state index is -1.08. The maximum atomic E-state index is 12.9. The number of carbonyl (C=O) groups excluding carboxylic acids is 2. The topological polar surface area (TPSA) is 134 Å². The maximum Gasteiger partial charge on any atom is 0.326 e. The van der Waals surface area contributed by atoms with Gasteiger partial charge in [-0.05, 0) is 12.0 Å². The lowest BCUT2D eigenvalue weighted by molar-refractivity contribution is -0.139. The summed E-state index contributed by atoms with van der Waals surface area (Å²) in [4.78, 5) is 41.3. The highest BCUT2D eigenvalue weighted by Crippen LogP contribution is 2.30. The van der Waals surface area contributed by atoms with Crippen LogP contribution in [0, 0.1) is 0 Å². The summed E-state index contributed by atoms with van der Waals surface area (Å²) in [6.07, 6.45) is 1.85. The first kappa shape index (κ1) is 23.8. The number of carbonyl (C=O) groups is 3. The average Bonchev–Trinajstić information content (AvgIpc) is 3.19. The van der Waals surface area contributed by atoms with Crippen molar-refractivity contribution in [3.63, 3.8) is 0 Å². The molecule has 0 aliphatic rings. The van der Waals surface area contributed by atoms with Crippen LogP contribution in [-0.2, 0) is 16.1 Å². The van der Waals surface area contributed by atoms with Gasteiger partial charge in [0.15, 0.2) is 0 Å². The van der Waals surface area contributed by atoms with Crippen LogP contribution in [-0.4, -0.2) is 45.7 Å². The van der Waals surface area contributed by atoms with Gasteiger partial charge < -0.3 is 21.5 Å². The molecule has 2 atom stereocenters. The third-order valence-electron chi connectivity index (χ3n) is 4.32. The van der Waals surface area contributed by atoms with Crippen LogP contribution in [0.1, 0.15) is 41.7 Å². The highest BCUT2D eigenvalue weighted by atomic mass is 32.1. The predicted molar refractivity (Wildman–Crippen MR) is 120 cm³/mol. The third-order valence-corrected chi connectivity index (χ3v) is 5.82. The molecule has 2 amide bonds. The first-order chi connectivity index (χ1) is 14.4. The van der Waals surface area contributed by atoms with Gasteiger partial charge in [0.25, 0.3) is 5.91 Å². The Bertz CT molecular complexity index is 873. The zero-order valence-corrected chi connectivity index (χ0v) is 18.3. The number of aromatic nitrogens is 1. The fraction of sp³-hybridized carbons (Fsp3) is 0.400. The number of thiol groups is 1. The second-order valence-corrected chi connectivity index (χ2v) is 8.11. The SMILES string of the molecule is CCCC[C@H](NC(=O)c1nc(CNC(=O)[C@@H](N)CS)sc1-c1ccccc1)C(=O)O. The first-order valence-corrected chi connectivity index (χ1v) is 11.0. The Kier molecular flexibility index (Phi) is 9.28. The number of nitrogens with zero attached hydrogens (tertiary/aromatic N) is 1. The maximum absolute atomic E-state index is 12.9. The van der Waals surface area contributed by atoms with Gasteiger partial charge in [-0.15, -0.1) is 11.3 Å². The van der Waals surface area contributed by atoms with Gasteiger partial charge in [0.2, 0.25) is 5.91 Å². The minimum Gasteiger partial charge on any atom is -0.480 e. The van der Waals surface area contributed by atoms with E-state index in [4.69, 9.17) is 5.73 Å². The van der Waals surface area contributed by atoms with Crippen LogP contribution in [0.3, 0.4) is 0 Å². The van der Waals surface area contributed by atoms with Gasteiger partial charge in [0.1, 0.15) is 16.7 Å². The number of benzene rings is 1. The van der Waals surface area contributed by atoms with E-state index < -0.39 is 24.0 Å². The van der Waals surface area contributed by atoms with Crippen LogP contribution in [0.15, 0.2) is 30.3 Å². The lowest BCUT2D eigenvalue weighted by atomic mass is 10.1. The van der Waals surface area contributed by atoms with E-state index in [-0.39, 0.29) is 23.9 Å². The Balaban J connectivity index is 2.27. The van der Waals surface area contributed by atoms with E-state index in [0.717, 1.165) is 12.0 Å². The molecule has 0 spiro atoms. The molecule has 2 rings (SSSR count). The van der Waals surface area contributed by atoms with E-state index in [9.17, 15) is 19.5 Å². The normalized spacial score (nSPS) is 12.8. The second-order valence-electron chi connectivity index (χ2n) is 6.66. The summed E-state index contributed by atoms with van der Waals surface area (Å²) in [5.41, 5.74) is 6.57. The van der Waals surface area contributed by atoms with Crippen molar-refractivity contribution >= 4 is 41.7 Å². The number of amides is 2. The largest absolute Gasteiger partial charge is 0.480 e. The summed E-state index contributed by atoms with van der Waals surface area (Å²) in [7, 11) is 0. The summed E-state index contributed by atoms with van der Waals surface area (Å²) >= 11 is 5.26. The van der Waals surface area contributed by atoms with E-state index in [1.165, 1.54) is 11.3 Å². The Morgan fingerprint density at radius 3 is 2.57 bits per heavy atom. The highest BCUT2D eigenvalue weighted by Gasteiger charge is 2.25. The first-order valence-electron chi connectivity index (χ1n) is 9.60. The number of carboxylic acids is 1. The molecule has 1 heterocycles. The van der Waals surface area contributed by atoms with Crippen molar-refractivity contribution in [1.82, 2.24) is 15.6 Å². The smallest absolute Gasteiger partial charge is 0.326 e. The van der Waals surface area contributed by atoms with E-state index in [1.54, 1.807) is 0 Å². The fourth-order valence-electron chi connectivity index (χ4n) is 2.65. The van der Waals surface area contributed by atoms with Crippen LogP contribution in [0.4, 0.5) is 0 Å². The molecule has 1 aromatic carbocycles. The molecular formula is C20H26N4O4S2. The lowest BCUT2D eigenvalue weighted by Crippen LogP contribution is -2.41. The van der Waals surface area contributed by atoms with Crippen LogP contribution < -0.4 is 16.4 Å². The monoisotopic (exact) mass is 450 g/mol. The van der Waals surface area contributed by atoms with Gasteiger partial charge in [-0.2, -0.15) is 12.6 Å². The summed E-state index contributed by atoms with van der Waals surface area (Å²) in [5.74, 6) is -1.79. The van der Waals surface area contributed by atoms with Gasteiger partial charge in [-0.25, -0.2) is 9.78 Å². The minimum absolute atomic E-state index is 0.107. The number of aliphatic carboxylic acids is 1. The molecule has 30 heavy (non-hydrogen) atoms. The molecule has 1 aromatic heterocycles. The summed E-state index contributed by atoms with van der Waals surface area (Å²) in [6, 6.07) is 7.50. The zero-order chi connectivity index (χ0) is 22.1. The van der Waals surface area contributed by atoms with Gasteiger partial charge in [0, 0.05) is 5.75 Å². The fourth-order valence-corrected chi connectivity index (χ4v) is 3.82. The Labute approximate surface area is 184 Å². The van der Waals surface area contributed by atoms with Crippen LogP contribution in [0.2, 0.25) is 0 Å². The number of unbranched alkanes of at least 4 members (excludes halogenated alkanes) is 1. The molecular weight excluding hydrogens is 424 g/mol. The molecule has 5 N–H and O–H groups in total. The molecule has 162 valence electrons. The van der Waals surface area contributed by atoms with Crippen LogP contribution in [0.25, 0.3) is 10.4 Å². The quantitative estimate of drug-likeness (QED) is 0.333.